The molecule has 36 heavy (non-hydrogen) atoms. The molecule has 0 aliphatic rings. The van der Waals surface area contributed by atoms with Gasteiger partial charge in [0.15, 0.2) is 0 Å². The second-order valence-corrected chi connectivity index (χ2v) is 8.67. The van der Waals surface area contributed by atoms with Crippen molar-refractivity contribution in [3.8, 4) is 10.6 Å². The Labute approximate surface area is 208 Å². The number of non-ortho nitro benzene ring substituents is 1. The maximum absolute atomic E-state index is 13.1. The summed E-state index contributed by atoms with van der Waals surface area (Å²) in [5.74, 6) is -0.793. The molecule has 0 unspecified atom stereocenters. The molecule has 0 aliphatic carbocycles. The highest BCUT2D eigenvalue weighted by atomic mass is 32.1. The summed E-state index contributed by atoms with van der Waals surface area (Å²) in [7, 11) is 0. The van der Waals surface area contributed by atoms with Crippen LogP contribution in [0.25, 0.3) is 21.3 Å². The van der Waals surface area contributed by atoms with Crippen molar-refractivity contribution in [2.24, 2.45) is 0 Å². The zero-order chi connectivity index (χ0) is 25.1. The van der Waals surface area contributed by atoms with Gasteiger partial charge < -0.3 is 5.32 Å². The average Bonchev–Trinajstić information content (AvgIpc) is 3.37. The lowest BCUT2D eigenvalue weighted by atomic mass is 10.0. The van der Waals surface area contributed by atoms with Crippen LogP contribution >= 0.6 is 11.3 Å². The highest BCUT2D eigenvalue weighted by Gasteiger charge is 2.18. The van der Waals surface area contributed by atoms with Crippen molar-refractivity contribution in [2.75, 3.05) is 10.6 Å². The van der Waals surface area contributed by atoms with Crippen LogP contribution in [0.15, 0.2) is 91.0 Å². The van der Waals surface area contributed by atoms with E-state index in [1.807, 2.05) is 36.4 Å². The molecule has 0 saturated carbocycles. The van der Waals surface area contributed by atoms with Crippen LogP contribution in [0.1, 0.15) is 20.7 Å². The van der Waals surface area contributed by atoms with Crippen LogP contribution < -0.4 is 10.6 Å². The van der Waals surface area contributed by atoms with Gasteiger partial charge in [0.1, 0.15) is 5.01 Å². The number of amides is 2. The Bertz CT molecular complexity index is 1610. The van der Waals surface area contributed by atoms with Crippen LogP contribution in [0, 0.1) is 10.1 Å². The van der Waals surface area contributed by atoms with Crippen molar-refractivity contribution in [2.45, 2.75) is 0 Å². The summed E-state index contributed by atoms with van der Waals surface area (Å²) in [6.45, 7) is 0. The molecule has 5 aromatic rings. The van der Waals surface area contributed by atoms with E-state index in [9.17, 15) is 19.7 Å². The molecule has 10 heteroatoms. The predicted octanol–water partition coefficient (Wildman–Crippen LogP) is 5.77. The van der Waals surface area contributed by atoms with Gasteiger partial charge in [-0.15, -0.1) is 10.2 Å². The summed E-state index contributed by atoms with van der Waals surface area (Å²) in [4.78, 5) is 36.5. The minimum absolute atomic E-state index is 0.0288. The summed E-state index contributed by atoms with van der Waals surface area (Å²) in [5.41, 5.74) is 1.73. The number of hydrogen-bond acceptors (Lipinski definition) is 7. The lowest BCUT2D eigenvalue weighted by Gasteiger charge is -2.12. The van der Waals surface area contributed by atoms with Crippen molar-refractivity contribution in [3.63, 3.8) is 0 Å². The number of fused-ring (bicyclic) bond motifs is 1. The van der Waals surface area contributed by atoms with Gasteiger partial charge in [-0.2, -0.15) is 0 Å². The summed E-state index contributed by atoms with van der Waals surface area (Å²) >= 11 is 1.13. The monoisotopic (exact) mass is 495 g/mol. The number of aromatic nitrogens is 2. The zero-order valence-electron chi connectivity index (χ0n) is 18.5. The number of nitrogens with zero attached hydrogens (tertiary/aromatic N) is 3. The number of carbonyl (C=O) groups excluding carboxylic acids is 2. The first-order valence-corrected chi connectivity index (χ1v) is 11.6. The van der Waals surface area contributed by atoms with Crippen LogP contribution in [0.5, 0.6) is 0 Å². The third kappa shape index (κ3) is 4.65. The molecule has 0 fully saturated rings. The lowest BCUT2D eigenvalue weighted by Crippen LogP contribution is -2.18. The molecule has 4 aromatic carbocycles. The molecular formula is C26H17N5O4S. The van der Waals surface area contributed by atoms with Gasteiger partial charge in [-0.05, 0) is 41.1 Å². The molecule has 176 valence electrons. The second-order valence-electron chi connectivity index (χ2n) is 7.70. The van der Waals surface area contributed by atoms with E-state index in [0.717, 1.165) is 22.1 Å². The smallest absolute Gasteiger partial charge is 0.269 e. The Morgan fingerprint density at radius 1 is 0.750 bits per heavy atom. The van der Waals surface area contributed by atoms with E-state index in [4.69, 9.17) is 0 Å². The highest BCUT2D eigenvalue weighted by molar-refractivity contribution is 7.18. The number of carbonyl (C=O) groups is 2. The Kier molecular flexibility index (Phi) is 6.16. The number of rotatable bonds is 6. The molecule has 2 amide bonds. The van der Waals surface area contributed by atoms with Gasteiger partial charge in [0, 0.05) is 23.3 Å². The van der Waals surface area contributed by atoms with E-state index in [1.54, 1.807) is 42.5 Å². The third-order valence-electron chi connectivity index (χ3n) is 5.42. The first-order valence-electron chi connectivity index (χ1n) is 10.8. The average molecular weight is 496 g/mol. The van der Waals surface area contributed by atoms with Gasteiger partial charge in [0.25, 0.3) is 17.5 Å². The summed E-state index contributed by atoms with van der Waals surface area (Å²) in [5, 5.41) is 27.0. The molecule has 0 spiro atoms. The molecule has 5 rings (SSSR count). The molecule has 0 saturated heterocycles. The molecule has 0 radical (unpaired) electrons. The van der Waals surface area contributed by atoms with E-state index >= 15 is 0 Å². The summed E-state index contributed by atoms with van der Waals surface area (Å²) in [6, 6.07) is 25.7. The maximum atomic E-state index is 13.1. The largest absolute Gasteiger partial charge is 0.321 e. The fraction of sp³-hybridized carbons (Fsp3) is 0. The molecule has 0 aliphatic heterocycles. The molecule has 2 N–H and O–H groups in total. The number of anilines is 2. The highest BCUT2D eigenvalue weighted by Crippen LogP contribution is 2.29. The normalized spacial score (nSPS) is 10.7. The zero-order valence-corrected chi connectivity index (χ0v) is 19.4. The standard InChI is InChI=1S/C26H17N5O4S/c32-23(20-10-5-7-16-6-1-2-8-19(16)20)27-22-11-4-3-9-21(22)24(33)28-26-30-29-25(36-26)17-12-14-18(15-13-17)31(34)35/h1-15H,(H,27,32)(H,28,30,33). The number of nitrogens with one attached hydrogen (secondary N) is 2. The SMILES string of the molecule is O=C(Nc1nnc(-c2ccc([N+](=O)[O-])cc2)s1)c1ccccc1NC(=O)c1cccc2ccccc12. The molecule has 0 atom stereocenters. The summed E-state index contributed by atoms with van der Waals surface area (Å²) in [6.07, 6.45) is 0. The lowest BCUT2D eigenvalue weighted by molar-refractivity contribution is -0.384. The van der Waals surface area contributed by atoms with Gasteiger partial charge in [-0.3, -0.25) is 25.0 Å². The van der Waals surface area contributed by atoms with Crippen LogP contribution in [-0.4, -0.2) is 26.9 Å². The quantitative estimate of drug-likeness (QED) is 0.227. The first kappa shape index (κ1) is 22.8. The van der Waals surface area contributed by atoms with Gasteiger partial charge in [-0.25, -0.2) is 0 Å². The van der Waals surface area contributed by atoms with E-state index in [-0.39, 0.29) is 22.3 Å². The van der Waals surface area contributed by atoms with Gasteiger partial charge in [0.2, 0.25) is 5.13 Å². The van der Waals surface area contributed by atoms with E-state index in [2.05, 4.69) is 20.8 Å². The number of benzene rings is 4. The van der Waals surface area contributed by atoms with Crippen LogP contribution in [0.2, 0.25) is 0 Å². The molecule has 1 aromatic heterocycles. The Balaban J connectivity index is 1.34. The fourth-order valence-corrected chi connectivity index (χ4v) is 4.43. The van der Waals surface area contributed by atoms with Gasteiger partial charge >= 0.3 is 0 Å². The number of para-hydroxylation sites is 1. The van der Waals surface area contributed by atoms with Crippen LogP contribution in [-0.2, 0) is 0 Å². The van der Waals surface area contributed by atoms with Crippen molar-refractivity contribution in [1.82, 2.24) is 10.2 Å². The number of nitro benzene ring substituents is 1. The minimum Gasteiger partial charge on any atom is -0.321 e. The third-order valence-corrected chi connectivity index (χ3v) is 6.31. The first-order chi connectivity index (χ1) is 17.5. The predicted molar refractivity (Wildman–Crippen MR) is 138 cm³/mol. The Morgan fingerprint density at radius 3 is 2.22 bits per heavy atom. The minimum atomic E-state index is -0.480. The molecule has 0 bridgehead atoms. The van der Waals surface area contributed by atoms with E-state index in [1.165, 1.54) is 12.1 Å². The van der Waals surface area contributed by atoms with Crippen molar-refractivity contribution in [3.05, 3.63) is 112 Å². The molecule has 9 nitrogen and oxygen atoms in total. The Hall–Kier alpha value is -4.96. The van der Waals surface area contributed by atoms with Gasteiger partial charge in [0.05, 0.1) is 16.2 Å². The van der Waals surface area contributed by atoms with Gasteiger partial charge in [-0.1, -0.05) is 59.9 Å². The number of nitro groups is 1. The Morgan fingerprint density at radius 2 is 1.42 bits per heavy atom. The number of hydrogen-bond donors (Lipinski definition) is 2. The van der Waals surface area contributed by atoms with Crippen LogP contribution in [0.4, 0.5) is 16.5 Å². The molecular weight excluding hydrogens is 478 g/mol. The van der Waals surface area contributed by atoms with Crippen molar-refractivity contribution in [1.29, 1.82) is 0 Å². The topological polar surface area (TPSA) is 127 Å². The summed E-state index contributed by atoms with van der Waals surface area (Å²) < 4.78 is 0. The van der Waals surface area contributed by atoms with Crippen LogP contribution in [0.3, 0.4) is 0 Å². The fourth-order valence-electron chi connectivity index (χ4n) is 3.68. The van der Waals surface area contributed by atoms with Crippen molar-refractivity contribution < 1.29 is 14.5 Å². The van der Waals surface area contributed by atoms with Crippen molar-refractivity contribution >= 4 is 50.4 Å². The maximum Gasteiger partial charge on any atom is 0.269 e. The van der Waals surface area contributed by atoms with E-state index in [0.29, 0.717) is 21.8 Å². The second kappa shape index (κ2) is 9.72. The molecule has 1 heterocycles. The van der Waals surface area contributed by atoms with E-state index < -0.39 is 10.8 Å².